The van der Waals surface area contributed by atoms with Crippen LogP contribution < -0.4 is 0 Å². The molecule has 2 aromatic carbocycles. The number of amides is 1. The Bertz CT molecular complexity index is 1150. The van der Waals surface area contributed by atoms with E-state index in [1.54, 1.807) is 18.2 Å². The van der Waals surface area contributed by atoms with Gasteiger partial charge in [0.2, 0.25) is 5.75 Å². The summed E-state index contributed by atoms with van der Waals surface area (Å²) < 4.78 is 0. The number of nitro benzene ring substituents is 1. The van der Waals surface area contributed by atoms with E-state index in [0.29, 0.717) is 11.6 Å². The van der Waals surface area contributed by atoms with E-state index in [0.717, 1.165) is 11.0 Å². The number of para-hydroxylation sites is 1. The highest BCUT2D eigenvalue weighted by Gasteiger charge is 2.24. The number of likely N-dealkylation sites (N-methyl/N-ethyl adjacent to an activating group) is 1. The highest BCUT2D eigenvalue weighted by atomic mass is 16.6. The van der Waals surface area contributed by atoms with Gasteiger partial charge < -0.3 is 25.3 Å². The van der Waals surface area contributed by atoms with Crippen LogP contribution in [0.25, 0.3) is 5.76 Å². The van der Waals surface area contributed by atoms with E-state index in [1.165, 1.54) is 19.2 Å². The van der Waals surface area contributed by atoms with E-state index in [2.05, 4.69) is 11.8 Å². The van der Waals surface area contributed by atoms with Gasteiger partial charge in [0.25, 0.3) is 5.91 Å². The number of carbonyl (C=O) groups excluding carboxylic acids is 1. The van der Waals surface area contributed by atoms with Crippen LogP contribution in [0.2, 0.25) is 0 Å². The minimum Gasteiger partial charge on any atom is -0.507 e. The van der Waals surface area contributed by atoms with Crippen LogP contribution in [-0.2, 0) is 4.79 Å². The Labute approximate surface area is 170 Å². The summed E-state index contributed by atoms with van der Waals surface area (Å²) in [7, 11) is 1.31. The molecular weight excluding hydrogens is 394 g/mol. The molecule has 0 spiro atoms. The molecule has 0 aliphatic rings. The van der Waals surface area contributed by atoms with Crippen LogP contribution in [0.15, 0.2) is 42.0 Å². The van der Waals surface area contributed by atoms with Gasteiger partial charge in [-0.2, -0.15) is 5.26 Å². The summed E-state index contributed by atoms with van der Waals surface area (Å²) in [6.07, 6.45) is 0. The van der Waals surface area contributed by atoms with Crippen LogP contribution in [-0.4, -0.2) is 49.7 Å². The zero-order valence-corrected chi connectivity index (χ0v) is 15.5. The molecule has 1 amide bonds. The quantitative estimate of drug-likeness (QED) is 0.113. The highest BCUT2D eigenvalue weighted by Crippen LogP contribution is 2.38. The van der Waals surface area contributed by atoms with Crippen molar-refractivity contribution in [3.63, 3.8) is 0 Å². The van der Waals surface area contributed by atoms with E-state index in [9.17, 15) is 40.6 Å². The second-order valence-corrected chi connectivity index (χ2v) is 5.94. The van der Waals surface area contributed by atoms with Gasteiger partial charge in [-0.15, -0.1) is 0 Å². The Hall–Kier alpha value is -4.70. The maximum absolute atomic E-state index is 12.5. The average molecular weight is 409 g/mol. The number of hydrogen-bond acceptors (Lipinski definition) is 8. The molecule has 0 atom stereocenters. The lowest BCUT2D eigenvalue weighted by Gasteiger charge is -2.14. The zero-order chi connectivity index (χ0) is 22.4. The third-order valence-electron chi connectivity index (χ3n) is 3.89. The monoisotopic (exact) mass is 409 g/mol. The molecule has 0 radical (unpaired) electrons. The smallest absolute Gasteiger partial charge is 0.315 e. The molecule has 0 heterocycles. The highest BCUT2D eigenvalue weighted by molar-refractivity contribution is 6.03. The molecule has 0 bridgehead atoms. The molecule has 0 aliphatic heterocycles. The van der Waals surface area contributed by atoms with Crippen molar-refractivity contribution in [2.45, 2.75) is 0 Å². The number of rotatable bonds is 4. The SMILES string of the molecule is CN(CC#Cc1ccccc1O)C(=O)/C(C#N)=C(\O)c1cc(O)c(O)c([N+](=O)[O-])c1. The number of phenolic OH excluding ortho intramolecular Hbond substituents is 3. The first-order valence-corrected chi connectivity index (χ1v) is 8.23. The van der Waals surface area contributed by atoms with Gasteiger partial charge in [-0.3, -0.25) is 14.9 Å². The van der Waals surface area contributed by atoms with Crippen molar-refractivity contribution in [2.75, 3.05) is 13.6 Å². The maximum Gasteiger partial charge on any atom is 0.315 e. The molecule has 152 valence electrons. The Morgan fingerprint density at radius 1 is 1.20 bits per heavy atom. The van der Waals surface area contributed by atoms with Crippen molar-refractivity contribution in [2.24, 2.45) is 0 Å². The van der Waals surface area contributed by atoms with Gasteiger partial charge in [0.05, 0.1) is 17.0 Å². The first-order chi connectivity index (χ1) is 14.2. The fourth-order valence-corrected chi connectivity index (χ4v) is 2.32. The van der Waals surface area contributed by atoms with E-state index < -0.39 is 44.9 Å². The molecule has 2 aromatic rings. The first-order valence-electron chi connectivity index (χ1n) is 8.23. The number of aromatic hydroxyl groups is 3. The normalized spacial score (nSPS) is 10.8. The number of hydrogen-bond donors (Lipinski definition) is 4. The van der Waals surface area contributed by atoms with Crippen LogP contribution in [0.5, 0.6) is 17.2 Å². The molecule has 10 heteroatoms. The predicted octanol–water partition coefficient (Wildman–Crippen LogP) is 2.01. The minimum absolute atomic E-state index is 0.0389. The molecule has 30 heavy (non-hydrogen) atoms. The number of aliphatic hydroxyl groups is 1. The lowest BCUT2D eigenvalue weighted by Crippen LogP contribution is -2.28. The number of nitrogens with zero attached hydrogens (tertiary/aromatic N) is 3. The number of aliphatic hydroxyl groups excluding tert-OH is 1. The number of nitriles is 1. The van der Waals surface area contributed by atoms with Crippen molar-refractivity contribution in [1.29, 1.82) is 5.26 Å². The molecule has 0 aliphatic carbocycles. The minimum atomic E-state index is -1.02. The van der Waals surface area contributed by atoms with Crippen LogP contribution in [0, 0.1) is 33.3 Å². The fourth-order valence-electron chi connectivity index (χ4n) is 2.32. The maximum atomic E-state index is 12.5. The molecule has 10 nitrogen and oxygen atoms in total. The molecule has 0 unspecified atom stereocenters. The molecule has 0 fully saturated rings. The van der Waals surface area contributed by atoms with Crippen molar-refractivity contribution in [1.82, 2.24) is 4.90 Å². The van der Waals surface area contributed by atoms with Crippen molar-refractivity contribution in [3.8, 4) is 35.2 Å². The standard InChI is InChI=1S/C20H15N3O7/c1-22(8-4-6-12-5-2-3-7-16(12)24)20(28)14(11-21)18(26)13-9-15(23(29)30)19(27)17(25)10-13/h2-3,5,7,9-10,24-27H,8H2,1H3/b18-14-. The van der Waals surface area contributed by atoms with E-state index >= 15 is 0 Å². The summed E-state index contributed by atoms with van der Waals surface area (Å²) in [5.41, 5.74) is -1.73. The van der Waals surface area contributed by atoms with Gasteiger partial charge in [-0.1, -0.05) is 24.0 Å². The topological polar surface area (TPSA) is 168 Å². The lowest BCUT2D eigenvalue weighted by atomic mass is 10.1. The lowest BCUT2D eigenvalue weighted by molar-refractivity contribution is -0.386. The Morgan fingerprint density at radius 3 is 2.47 bits per heavy atom. The largest absolute Gasteiger partial charge is 0.507 e. The van der Waals surface area contributed by atoms with Gasteiger partial charge in [0, 0.05) is 18.7 Å². The average Bonchev–Trinajstić information content (AvgIpc) is 2.71. The molecule has 0 aromatic heterocycles. The number of benzene rings is 2. The summed E-state index contributed by atoms with van der Waals surface area (Å²) in [6.45, 7) is -0.160. The third-order valence-corrected chi connectivity index (χ3v) is 3.89. The molecule has 2 rings (SSSR count). The summed E-state index contributed by atoms with van der Waals surface area (Å²) in [4.78, 5) is 23.5. The number of nitro groups is 1. The number of phenols is 3. The van der Waals surface area contributed by atoms with Crippen LogP contribution in [0.1, 0.15) is 11.1 Å². The predicted molar refractivity (Wildman–Crippen MR) is 104 cm³/mol. The summed E-state index contributed by atoms with van der Waals surface area (Å²) in [5, 5.41) is 59.3. The van der Waals surface area contributed by atoms with Crippen molar-refractivity contribution < 1.29 is 30.1 Å². The molecule has 4 N–H and O–H groups in total. The van der Waals surface area contributed by atoms with E-state index in [4.69, 9.17) is 0 Å². The van der Waals surface area contributed by atoms with Gasteiger partial charge in [0.15, 0.2) is 11.3 Å². The summed E-state index contributed by atoms with van der Waals surface area (Å²) >= 11 is 0. The summed E-state index contributed by atoms with van der Waals surface area (Å²) in [5.74, 6) is 1.49. The van der Waals surface area contributed by atoms with Gasteiger partial charge in [-0.25, -0.2) is 0 Å². The number of carbonyl (C=O) groups is 1. The van der Waals surface area contributed by atoms with Crippen LogP contribution in [0.4, 0.5) is 5.69 Å². The second-order valence-electron chi connectivity index (χ2n) is 5.94. The van der Waals surface area contributed by atoms with Crippen LogP contribution in [0.3, 0.4) is 0 Å². The first kappa shape index (κ1) is 21.6. The zero-order valence-electron chi connectivity index (χ0n) is 15.5. The van der Waals surface area contributed by atoms with Crippen molar-refractivity contribution >= 4 is 17.4 Å². The molecule has 0 saturated carbocycles. The van der Waals surface area contributed by atoms with Gasteiger partial charge >= 0.3 is 5.69 Å². The Kier molecular flexibility index (Phi) is 6.47. The van der Waals surface area contributed by atoms with Gasteiger partial charge in [-0.05, 0) is 18.2 Å². The fraction of sp³-hybridized carbons (Fsp3) is 0.100. The van der Waals surface area contributed by atoms with Crippen LogP contribution >= 0.6 is 0 Å². The van der Waals surface area contributed by atoms with Crippen molar-refractivity contribution in [3.05, 3.63) is 63.2 Å². The Morgan fingerprint density at radius 2 is 1.87 bits per heavy atom. The van der Waals surface area contributed by atoms with E-state index in [1.807, 2.05) is 0 Å². The van der Waals surface area contributed by atoms with Gasteiger partial charge in [0.1, 0.15) is 17.6 Å². The third kappa shape index (κ3) is 4.58. The molecule has 0 saturated heterocycles. The van der Waals surface area contributed by atoms with E-state index in [-0.39, 0.29) is 12.3 Å². The molecular formula is C20H15N3O7. The summed E-state index contributed by atoms with van der Waals surface area (Å²) in [6, 6.07) is 9.31. The Balaban J connectivity index is 2.33. The second kappa shape index (κ2) is 8.99.